The number of aromatic amines is 1. The number of benzene rings is 2. The molecule has 2 N–H and O–H groups in total. The predicted octanol–water partition coefficient (Wildman–Crippen LogP) is 3.99. The molecule has 120 valence electrons. The first-order chi connectivity index (χ1) is 11.7. The molecule has 2 heterocycles. The fraction of sp³-hybridized carbons (Fsp3) is 0.158. The highest BCUT2D eigenvalue weighted by Gasteiger charge is 2.22. The Morgan fingerprint density at radius 3 is 2.88 bits per heavy atom. The fourth-order valence-corrected chi connectivity index (χ4v) is 3.49. The van der Waals surface area contributed by atoms with Gasteiger partial charge in [0.1, 0.15) is 6.54 Å². The molecule has 5 heteroatoms. The highest BCUT2D eigenvalue weighted by molar-refractivity contribution is 7.98. The number of thioether (sulfide) groups is 1. The van der Waals surface area contributed by atoms with Gasteiger partial charge in [-0.05, 0) is 37.4 Å². The summed E-state index contributed by atoms with van der Waals surface area (Å²) in [5.74, 6) is -0.0883. The summed E-state index contributed by atoms with van der Waals surface area (Å²) >= 11 is 1.69. The van der Waals surface area contributed by atoms with Crippen LogP contribution in [0.2, 0.25) is 0 Å². The first-order valence-electron chi connectivity index (χ1n) is 7.77. The van der Waals surface area contributed by atoms with E-state index in [4.69, 9.17) is 0 Å². The van der Waals surface area contributed by atoms with Gasteiger partial charge >= 0.3 is 0 Å². The topological polar surface area (TPSA) is 57.2 Å². The molecule has 4 nitrogen and oxygen atoms in total. The zero-order chi connectivity index (χ0) is 16.7. The molecule has 4 rings (SSSR count). The van der Waals surface area contributed by atoms with Crippen molar-refractivity contribution < 1.29 is 4.79 Å². The van der Waals surface area contributed by atoms with Gasteiger partial charge in [-0.2, -0.15) is 0 Å². The van der Waals surface area contributed by atoms with E-state index in [-0.39, 0.29) is 12.5 Å². The van der Waals surface area contributed by atoms with Crippen LogP contribution in [0.25, 0.3) is 10.9 Å². The Morgan fingerprint density at radius 1 is 1.17 bits per heavy atom. The lowest BCUT2D eigenvalue weighted by atomic mass is 10.1. The molecule has 0 aliphatic carbocycles. The number of H-pyrrole nitrogens is 1. The molecule has 1 amide bonds. The standard InChI is InChI=1S/C19H17N3OS/c1-11-6-7-15-14(8-11)18-19(21-15)17(20-10-16(23)22-18)12-4-3-5-13(9-12)24-2/h3-9,21H,10H2,1-2H3,(H,22,23). The second-order valence-electron chi connectivity index (χ2n) is 5.87. The van der Waals surface area contributed by atoms with E-state index in [2.05, 4.69) is 45.8 Å². The van der Waals surface area contributed by atoms with Crippen molar-refractivity contribution in [2.24, 2.45) is 4.99 Å². The maximum absolute atomic E-state index is 12.1. The van der Waals surface area contributed by atoms with Gasteiger partial charge in [-0.1, -0.05) is 23.8 Å². The van der Waals surface area contributed by atoms with Crippen LogP contribution in [0.5, 0.6) is 0 Å². The Kier molecular flexibility index (Phi) is 3.65. The number of anilines is 1. The SMILES string of the molecule is CSc1cccc(C2=NCC(=O)Nc3c2[nH]c2ccc(C)cc32)c1. The van der Waals surface area contributed by atoms with Crippen molar-refractivity contribution in [3.63, 3.8) is 0 Å². The lowest BCUT2D eigenvalue weighted by Gasteiger charge is -2.07. The minimum Gasteiger partial charge on any atom is -0.351 e. The van der Waals surface area contributed by atoms with Crippen LogP contribution in [0.15, 0.2) is 52.4 Å². The van der Waals surface area contributed by atoms with Crippen LogP contribution < -0.4 is 5.32 Å². The summed E-state index contributed by atoms with van der Waals surface area (Å²) in [6.07, 6.45) is 2.05. The minimum absolute atomic E-state index is 0.0883. The van der Waals surface area contributed by atoms with Gasteiger partial charge in [-0.15, -0.1) is 11.8 Å². The lowest BCUT2D eigenvalue weighted by molar-refractivity contribution is -0.114. The summed E-state index contributed by atoms with van der Waals surface area (Å²) in [6, 6.07) is 14.4. The van der Waals surface area contributed by atoms with E-state index in [0.717, 1.165) is 39.1 Å². The zero-order valence-corrected chi connectivity index (χ0v) is 14.3. The number of aryl methyl sites for hydroxylation is 1. The largest absolute Gasteiger partial charge is 0.351 e. The molecule has 24 heavy (non-hydrogen) atoms. The lowest BCUT2D eigenvalue weighted by Crippen LogP contribution is -2.13. The van der Waals surface area contributed by atoms with Gasteiger partial charge in [0.15, 0.2) is 0 Å². The molecular formula is C19H17N3OS. The Labute approximate surface area is 144 Å². The third-order valence-corrected chi connectivity index (χ3v) is 4.90. The minimum atomic E-state index is -0.0883. The van der Waals surface area contributed by atoms with E-state index >= 15 is 0 Å². The van der Waals surface area contributed by atoms with Crippen molar-refractivity contribution in [3.8, 4) is 0 Å². The zero-order valence-electron chi connectivity index (χ0n) is 13.5. The number of fused-ring (bicyclic) bond motifs is 3. The summed E-state index contributed by atoms with van der Waals surface area (Å²) in [4.78, 5) is 21.3. The van der Waals surface area contributed by atoms with Gasteiger partial charge in [-0.3, -0.25) is 9.79 Å². The second kappa shape index (κ2) is 5.83. The van der Waals surface area contributed by atoms with Gasteiger partial charge < -0.3 is 10.3 Å². The number of hydrogen-bond donors (Lipinski definition) is 2. The average molecular weight is 335 g/mol. The van der Waals surface area contributed by atoms with Crippen LogP contribution in [0.1, 0.15) is 16.8 Å². The van der Waals surface area contributed by atoms with Crippen LogP contribution >= 0.6 is 11.8 Å². The summed E-state index contributed by atoms with van der Waals surface area (Å²) < 4.78 is 0. The van der Waals surface area contributed by atoms with Crippen molar-refractivity contribution in [2.45, 2.75) is 11.8 Å². The monoisotopic (exact) mass is 335 g/mol. The molecule has 0 bridgehead atoms. The summed E-state index contributed by atoms with van der Waals surface area (Å²) in [7, 11) is 0. The predicted molar refractivity (Wildman–Crippen MR) is 100 cm³/mol. The molecule has 2 aromatic carbocycles. The van der Waals surface area contributed by atoms with Crippen molar-refractivity contribution in [1.82, 2.24) is 4.98 Å². The van der Waals surface area contributed by atoms with Gasteiger partial charge in [0.05, 0.1) is 17.1 Å². The quantitative estimate of drug-likeness (QED) is 0.696. The molecule has 0 spiro atoms. The molecule has 3 aromatic rings. The van der Waals surface area contributed by atoms with Crippen LogP contribution in [-0.2, 0) is 4.79 Å². The van der Waals surface area contributed by atoms with Crippen molar-refractivity contribution in [1.29, 1.82) is 0 Å². The highest BCUT2D eigenvalue weighted by atomic mass is 32.2. The van der Waals surface area contributed by atoms with Crippen molar-refractivity contribution in [2.75, 3.05) is 18.1 Å². The number of carbonyl (C=O) groups excluding carboxylic acids is 1. The molecule has 1 aromatic heterocycles. The van der Waals surface area contributed by atoms with Gasteiger partial charge in [0, 0.05) is 21.4 Å². The Bertz CT molecular complexity index is 987. The van der Waals surface area contributed by atoms with Gasteiger partial charge in [0.2, 0.25) is 5.91 Å². The molecule has 1 aliphatic rings. The highest BCUT2D eigenvalue weighted by Crippen LogP contribution is 2.32. The Hall–Kier alpha value is -2.53. The maximum Gasteiger partial charge on any atom is 0.246 e. The second-order valence-corrected chi connectivity index (χ2v) is 6.75. The third kappa shape index (κ3) is 2.51. The molecule has 0 radical (unpaired) electrons. The number of nitrogens with zero attached hydrogens (tertiary/aromatic N) is 1. The number of aliphatic imine (C=N–C) groups is 1. The number of hydrogen-bond acceptors (Lipinski definition) is 3. The molecule has 0 atom stereocenters. The molecule has 0 saturated heterocycles. The fourth-order valence-electron chi connectivity index (χ4n) is 3.03. The van der Waals surface area contributed by atoms with Crippen LogP contribution in [-0.4, -0.2) is 29.4 Å². The van der Waals surface area contributed by atoms with E-state index in [1.807, 2.05) is 25.1 Å². The Balaban J connectivity index is 1.96. The number of amides is 1. The summed E-state index contributed by atoms with van der Waals surface area (Å²) in [5.41, 5.74) is 5.70. The smallest absolute Gasteiger partial charge is 0.246 e. The van der Waals surface area contributed by atoms with E-state index in [9.17, 15) is 4.79 Å². The van der Waals surface area contributed by atoms with Gasteiger partial charge in [-0.25, -0.2) is 0 Å². The number of aromatic nitrogens is 1. The van der Waals surface area contributed by atoms with Crippen molar-refractivity contribution in [3.05, 3.63) is 59.3 Å². The van der Waals surface area contributed by atoms with Crippen LogP contribution in [0.3, 0.4) is 0 Å². The molecular weight excluding hydrogens is 318 g/mol. The number of carbonyl (C=O) groups is 1. The third-order valence-electron chi connectivity index (χ3n) is 4.18. The maximum atomic E-state index is 12.1. The number of nitrogens with one attached hydrogen (secondary N) is 2. The molecule has 0 fully saturated rings. The van der Waals surface area contributed by atoms with E-state index in [1.165, 1.54) is 4.90 Å². The number of rotatable bonds is 2. The van der Waals surface area contributed by atoms with Crippen LogP contribution in [0.4, 0.5) is 5.69 Å². The average Bonchev–Trinajstić information content (AvgIpc) is 2.84. The molecule has 0 saturated carbocycles. The van der Waals surface area contributed by atoms with E-state index in [1.54, 1.807) is 11.8 Å². The Morgan fingerprint density at radius 2 is 2.04 bits per heavy atom. The normalized spacial score (nSPS) is 14.1. The van der Waals surface area contributed by atoms with Gasteiger partial charge in [0.25, 0.3) is 0 Å². The first-order valence-corrected chi connectivity index (χ1v) is 8.99. The first kappa shape index (κ1) is 15.0. The molecule has 0 unspecified atom stereocenters. The van der Waals surface area contributed by atoms with Crippen LogP contribution in [0, 0.1) is 6.92 Å². The molecule has 1 aliphatic heterocycles. The summed E-state index contributed by atoms with van der Waals surface area (Å²) in [6.45, 7) is 2.18. The van der Waals surface area contributed by atoms with Crippen molar-refractivity contribution >= 4 is 40.0 Å². The van der Waals surface area contributed by atoms with E-state index in [0.29, 0.717) is 0 Å². The summed E-state index contributed by atoms with van der Waals surface area (Å²) in [5, 5.41) is 4.03. The van der Waals surface area contributed by atoms with E-state index < -0.39 is 0 Å².